The molecule has 0 bridgehead atoms. The summed E-state index contributed by atoms with van der Waals surface area (Å²) >= 11 is 0. The number of hydrogen-bond acceptors (Lipinski definition) is 3. The molecular weight excluding hydrogens is 278 g/mol. The summed E-state index contributed by atoms with van der Waals surface area (Å²) in [6.07, 6.45) is 2.68. The summed E-state index contributed by atoms with van der Waals surface area (Å²) in [7, 11) is 1.65. The molecule has 0 saturated heterocycles. The minimum Gasteiger partial charge on any atom is -0.323 e. The van der Waals surface area contributed by atoms with Crippen LogP contribution >= 0.6 is 0 Å². The number of aromatic nitrogens is 1. The average molecular weight is 297 g/mol. The van der Waals surface area contributed by atoms with E-state index in [1.165, 1.54) is 10.6 Å². The molecule has 0 atom stereocenters. The van der Waals surface area contributed by atoms with Gasteiger partial charge < -0.3 is 15.6 Å². The van der Waals surface area contributed by atoms with Crippen molar-refractivity contribution in [2.75, 3.05) is 5.32 Å². The van der Waals surface area contributed by atoms with Gasteiger partial charge in [-0.1, -0.05) is 24.3 Å². The highest BCUT2D eigenvalue weighted by Crippen LogP contribution is 2.29. The number of nitrogens with two attached hydrogens (primary N) is 1. The maximum atomic E-state index is 12.6. The fraction of sp³-hybridized carbons (Fsp3) is 0.294. The molecule has 0 spiro atoms. The summed E-state index contributed by atoms with van der Waals surface area (Å²) in [6.45, 7) is 1.80. The number of amides is 1. The van der Waals surface area contributed by atoms with Crippen molar-refractivity contribution in [1.82, 2.24) is 4.57 Å². The van der Waals surface area contributed by atoms with Crippen molar-refractivity contribution in [1.29, 1.82) is 0 Å². The first-order chi connectivity index (χ1) is 10.4. The van der Waals surface area contributed by atoms with Crippen molar-refractivity contribution in [3.05, 3.63) is 63.6 Å². The highest BCUT2D eigenvalue weighted by atomic mass is 16.2. The number of aryl methyl sites for hydroxylation is 2. The zero-order chi connectivity index (χ0) is 15.9. The number of hydrogen-bond donors (Lipinski definition) is 2. The number of carbonyl (C=O) groups excluding carboxylic acids is 1. The van der Waals surface area contributed by atoms with Gasteiger partial charge in [0.15, 0.2) is 0 Å². The summed E-state index contributed by atoms with van der Waals surface area (Å²) in [6, 6.07) is 9.44. The molecule has 3 rings (SSSR count). The lowest BCUT2D eigenvalue weighted by Gasteiger charge is -2.23. The molecule has 1 aromatic heterocycles. The summed E-state index contributed by atoms with van der Waals surface area (Å²) in [5, 5.41) is 2.87. The molecule has 0 fully saturated rings. The maximum absolute atomic E-state index is 12.6. The molecule has 3 N–H and O–H groups in total. The molecule has 1 heterocycles. The van der Waals surface area contributed by atoms with Gasteiger partial charge in [0, 0.05) is 19.3 Å². The lowest BCUT2D eigenvalue weighted by atomic mass is 9.96. The van der Waals surface area contributed by atoms with Crippen LogP contribution in [-0.4, -0.2) is 16.0 Å². The quantitative estimate of drug-likeness (QED) is 0.872. The van der Waals surface area contributed by atoms with Crippen molar-refractivity contribution >= 4 is 11.6 Å². The molecule has 1 amide bonds. The zero-order valence-corrected chi connectivity index (χ0v) is 12.7. The Morgan fingerprint density at radius 1 is 1.27 bits per heavy atom. The predicted molar refractivity (Wildman–Crippen MR) is 85.8 cm³/mol. The molecule has 22 heavy (non-hydrogen) atoms. The molecule has 1 aromatic carbocycles. The van der Waals surface area contributed by atoms with Gasteiger partial charge in [0.05, 0.1) is 5.69 Å². The number of rotatable bonds is 2. The summed E-state index contributed by atoms with van der Waals surface area (Å²) in [5.41, 5.74) is 8.89. The van der Waals surface area contributed by atoms with E-state index in [1.54, 1.807) is 20.2 Å². The second-order valence-corrected chi connectivity index (χ2v) is 6.05. The Hall–Kier alpha value is -2.40. The van der Waals surface area contributed by atoms with Crippen LogP contribution in [0.5, 0.6) is 0 Å². The van der Waals surface area contributed by atoms with Gasteiger partial charge in [0.2, 0.25) is 5.91 Å². The number of pyridine rings is 1. The number of nitrogens with one attached hydrogen (secondary N) is 1. The van der Waals surface area contributed by atoms with Gasteiger partial charge in [0.1, 0.15) is 5.54 Å². The standard InChI is InChI=1S/C17H19N3O2/c1-11-7-15(21)20(2)10-14(11)19-16(22)17(18)8-12-5-3-4-6-13(12)9-17/h3-7,10H,8-9,18H2,1-2H3,(H,19,22). The molecule has 0 radical (unpaired) electrons. The third-order valence-electron chi connectivity index (χ3n) is 4.27. The van der Waals surface area contributed by atoms with Crippen LogP contribution in [0.25, 0.3) is 0 Å². The fourth-order valence-corrected chi connectivity index (χ4v) is 2.91. The van der Waals surface area contributed by atoms with Crippen LogP contribution in [0.1, 0.15) is 16.7 Å². The van der Waals surface area contributed by atoms with E-state index in [2.05, 4.69) is 5.32 Å². The normalized spacial score (nSPS) is 15.4. The van der Waals surface area contributed by atoms with Gasteiger partial charge >= 0.3 is 0 Å². The molecule has 0 unspecified atom stereocenters. The molecular formula is C17H19N3O2. The van der Waals surface area contributed by atoms with Crippen LogP contribution in [0.4, 0.5) is 5.69 Å². The van der Waals surface area contributed by atoms with E-state index < -0.39 is 5.54 Å². The number of anilines is 1. The average Bonchev–Trinajstić information content (AvgIpc) is 2.82. The van der Waals surface area contributed by atoms with Crippen LogP contribution < -0.4 is 16.6 Å². The van der Waals surface area contributed by atoms with E-state index in [4.69, 9.17) is 5.73 Å². The van der Waals surface area contributed by atoms with E-state index in [1.807, 2.05) is 24.3 Å². The van der Waals surface area contributed by atoms with Crippen molar-refractivity contribution < 1.29 is 4.79 Å². The van der Waals surface area contributed by atoms with Crippen LogP contribution in [0, 0.1) is 6.92 Å². The molecule has 0 saturated carbocycles. The maximum Gasteiger partial charge on any atom is 0.250 e. The van der Waals surface area contributed by atoms with E-state index in [0.717, 1.165) is 16.7 Å². The molecule has 5 nitrogen and oxygen atoms in total. The van der Waals surface area contributed by atoms with E-state index in [9.17, 15) is 9.59 Å². The monoisotopic (exact) mass is 297 g/mol. The van der Waals surface area contributed by atoms with E-state index >= 15 is 0 Å². The minimum atomic E-state index is -0.940. The van der Waals surface area contributed by atoms with Gasteiger partial charge in [-0.05, 0) is 36.5 Å². The molecule has 114 valence electrons. The van der Waals surface area contributed by atoms with E-state index in [-0.39, 0.29) is 11.5 Å². The smallest absolute Gasteiger partial charge is 0.250 e. The SMILES string of the molecule is Cc1cc(=O)n(C)cc1NC(=O)C1(N)Cc2ccccc2C1. The van der Waals surface area contributed by atoms with E-state index in [0.29, 0.717) is 18.5 Å². The zero-order valence-electron chi connectivity index (χ0n) is 12.7. The number of carbonyl (C=O) groups is 1. The summed E-state index contributed by atoms with van der Waals surface area (Å²) in [4.78, 5) is 24.2. The van der Waals surface area contributed by atoms with Crippen molar-refractivity contribution in [3.8, 4) is 0 Å². The third kappa shape index (κ3) is 2.44. The second-order valence-electron chi connectivity index (χ2n) is 6.05. The first kappa shape index (κ1) is 14.5. The Morgan fingerprint density at radius 2 is 1.86 bits per heavy atom. The van der Waals surface area contributed by atoms with Gasteiger partial charge in [-0.2, -0.15) is 0 Å². The Bertz CT molecular complexity index is 783. The summed E-state index contributed by atoms with van der Waals surface area (Å²) < 4.78 is 1.44. The van der Waals surface area contributed by atoms with Crippen LogP contribution in [-0.2, 0) is 24.7 Å². The molecule has 0 aliphatic heterocycles. The van der Waals surface area contributed by atoms with Gasteiger partial charge in [0.25, 0.3) is 5.56 Å². The van der Waals surface area contributed by atoms with Gasteiger partial charge in [-0.3, -0.25) is 9.59 Å². The van der Waals surface area contributed by atoms with Gasteiger partial charge in [-0.25, -0.2) is 0 Å². The van der Waals surface area contributed by atoms with Crippen molar-refractivity contribution in [2.24, 2.45) is 12.8 Å². The topological polar surface area (TPSA) is 77.1 Å². The Balaban J connectivity index is 1.84. The lowest BCUT2D eigenvalue weighted by molar-refractivity contribution is -0.120. The Morgan fingerprint density at radius 3 is 2.45 bits per heavy atom. The van der Waals surface area contributed by atoms with Crippen molar-refractivity contribution in [2.45, 2.75) is 25.3 Å². The first-order valence-electron chi connectivity index (χ1n) is 7.23. The van der Waals surface area contributed by atoms with Crippen LogP contribution in [0.3, 0.4) is 0 Å². The van der Waals surface area contributed by atoms with Crippen LogP contribution in [0.15, 0.2) is 41.3 Å². The highest BCUT2D eigenvalue weighted by molar-refractivity contribution is 5.99. The second kappa shape index (κ2) is 5.10. The summed E-state index contributed by atoms with van der Waals surface area (Å²) in [5.74, 6) is -0.217. The first-order valence-corrected chi connectivity index (χ1v) is 7.23. The molecule has 5 heteroatoms. The number of nitrogens with zero attached hydrogens (tertiary/aromatic N) is 1. The fourth-order valence-electron chi connectivity index (χ4n) is 2.91. The number of benzene rings is 1. The Labute approximate surface area is 128 Å². The molecule has 1 aliphatic carbocycles. The largest absolute Gasteiger partial charge is 0.323 e. The third-order valence-corrected chi connectivity index (χ3v) is 4.27. The van der Waals surface area contributed by atoms with Crippen LogP contribution in [0.2, 0.25) is 0 Å². The predicted octanol–water partition coefficient (Wildman–Crippen LogP) is 1.13. The highest BCUT2D eigenvalue weighted by Gasteiger charge is 2.40. The van der Waals surface area contributed by atoms with Gasteiger partial charge in [-0.15, -0.1) is 0 Å². The number of fused-ring (bicyclic) bond motifs is 1. The van der Waals surface area contributed by atoms with Crippen molar-refractivity contribution in [3.63, 3.8) is 0 Å². The molecule has 1 aliphatic rings. The molecule has 2 aromatic rings. The lowest BCUT2D eigenvalue weighted by Crippen LogP contribution is -2.52. The Kier molecular flexibility index (Phi) is 3.37. The minimum absolute atomic E-state index is 0.105.